The first kappa shape index (κ1) is 24.9. The van der Waals surface area contributed by atoms with Crippen LogP contribution in [0, 0.1) is 6.92 Å². The Bertz CT molecular complexity index is 1130. The van der Waals surface area contributed by atoms with Crippen LogP contribution < -0.4 is 25.6 Å². The van der Waals surface area contributed by atoms with E-state index in [2.05, 4.69) is 35.5 Å². The van der Waals surface area contributed by atoms with E-state index in [-0.39, 0.29) is 0 Å². The van der Waals surface area contributed by atoms with Gasteiger partial charge in [-0.25, -0.2) is 10.8 Å². The van der Waals surface area contributed by atoms with Crippen LogP contribution in [0.15, 0.2) is 71.6 Å². The summed E-state index contributed by atoms with van der Waals surface area (Å²) >= 11 is 0. The fourth-order valence-corrected chi connectivity index (χ4v) is 3.79. The summed E-state index contributed by atoms with van der Waals surface area (Å²) in [6, 6.07) is 11.9. The number of aliphatic imine (C=N–C) groups is 1. The molecule has 0 saturated carbocycles. The number of hydrogen-bond acceptors (Lipinski definition) is 7. The zero-order valence-electron chi connectivity index (χ0n) is 20.9. The lowest BCUT2D eigenvalue weighted by atomic mass is 10.1. The summed E-state index contributed by atoms with van der Waals surface area (Å²) in [6.07, 6.45) is 10.3. The average Bonchev–Trinajstić information content (AvgIpc) is 2.83. The lowest BCUT2D eigenvalue weighted by molar-refractivity contribution is 0.355. The van der Waals surface area contributed by atoms with Gasteiger partial charge < -0.3 is 24.7 Å². The van der Waals surface area contributed by atoms with Crippen molar-refractivity contribution in [3.05, 3.63) is 77.8 Å². The molecule has 1 aliphatic rings. The molecule has 7 heteroatoms. The number of hydrazine groups is 1. The number of aryl methyl sites for hydroxylation is 1. The number of hydrogen-bond donors (Lipinski definition) is 2. The smallest absolute Gasteiger partial charge is 0.162 e. The molecule has 2 aromatic carbocycles. The first-order valence-corrected chi connectivity index (χ1v) is 11.4. The van der Waals surface area contributed by atoms with Crippen LogP contribution in [0.5, 0.6) is 11.5 Å². The Kier molecular flexibility index (Phi) is 8.38. The summed E-state index contributed by atoms with van der Waals surface area (Å²) in [6.45, 7) is 6.22. The molecule has 0 fully saturated rings. The van der Waals surface area contributed by atoms with Crippen LogP contribution in [0.2, 0.25) is 0 Å². The van der Waals surface area contributed by atoms with Crippen LogP contribution in [0.25, 0.3) is 5.70 Å². The van der Waals surface area contributed by atoms with Gasteiger partial charge in [-0.05, 0) is 50.1 Å². The van der Waals surface area contributed by atoms with Gasteiger partial charge in [-0.15, -0.1) is 0 Å². The first-order chi connectivity index (χ1) is 16.4. The summed E-state index contributed by atoms with van der Waals surface area (Å²) in [5, 5.41) is 5.12. The standard InChI is InChI=1S/C27H35N5O2/c1-7-9-10-24-27(29-21-12-14-25(33-5)26(17-21)34-6)30-22(18-32(24)15-8-2)20-11-13-23(31(4)28)19(3)16-20/h8,10-18H,7,9,28H2,1-6H3,(H,29,30)/b15-8-,24-10+. The Morgan fingerprint density at radius 2 is 1.88 bits per heavy atom. The molecule has 1 heterocycles. The van der Waals surface area contributed by atoms with Gasteiger partial charge in [0.1, 0.15) is 0 Å². The molecule has 0 saturated heterocycles. The topological polar surface area (TPSA) is 75.4 Å². The molecular weight excluding hydrogens is 426 g/mol. The second-order valence-electron chi connectivity index (χ2n) is 8.05. The summed E-state index contributed by atoms with van der Waals surface area (Å²) in [4.78, 5) is 7.14. The summed E-state index contributed by atoms with van der Waals surface area (Å²) < 4.78 is 10.9. The fourth-order valence-electron chi connectivity index (χ4n) is 3.79. The molecule has 180 valence electrons. The largest absolute Gasteiger partial charge is 0.493 e. The van der Waals surface area contributed by atoms with Crippen molar-refractivity contribution in [1.82, 2.24) is 4.90 Å². The summed E-state index contributed by atoms with van der Waals surface area (Å²) in [5.41, 5.74) is 5.77. The van der Waals surface area contributed by atoms with Gasteiger partial charge in [0.15, 0.2) is 17.3 Å². The van der Waals surface area contributed by atoms with E-state index in [0.29, 0.717) is 11.5 Å². The van der Waals surface area contributed by atoms with Gasteiger partial charge in [0.25, 0.3) is 0 Å². The van der Waals surface area contributed by atoms with E-state index in [9.17, 15) is 0 Å². The minimum absolute atomic E-state index is 0.654. The molecule has 1 aliphatic heterocycles. The van der Waals surface area contributed by atoms with Crippen LogP contribution in [-0.2, 0) is 0 Å². The maximum Gasteiger partial charge on any atom is 0.162 e. The van der Waals surface area contributed by atoms with Crippen molar-refractivity contribution in [2.45, 2.75) is 33.6 Å². The molecule has 0 atom stereocenters. The third-order valence-corrected chi connectivity index (χ3v) is 5.47. The molecule has 3 rings (SSSR count). The number of nitrogens with one attached hydrogen (secondary N) is 1. The normalized spacial score (nSPS) is 14.8. The number of unbranched alkanes of at least 4 members (excludes halogenated alkanes) is 1. The van der Waals surface area contributed by atoms with Crippen LogP contribution in [0.4, 0.5) is 11.4 Å². The number of nitrogens with zero attached hydrogens (tertiary/aromatic N) is 3. The van der Waals surface area contributed by atoms with Gasteiger partial charge in [-0.1, -0.05) is 31.6 Å². The van der Waals surface area contributed by atoms with Crippen LogP contribution in [-0.4, -0.2) is 32.0 Å². The zero-order valence-corrected chi connectivity index (χ0v) is 20.9. The Hall–Kier alpha value is -3.71. The molecule has 7 nitrogen and oxygen atoms in total. The van der Waals surface area contributed by atoms with E-state index in [0.717, 1.165) is 52.6 Å². The highest BCUT2D eigenvalue weighted by molar-refractivity contribution is 6.11. The second kappa shape index (κ2) is 11.4. The average molecular weight is 462 g/mol. The molecule has 0 aromatic heterocycles. The molecule has 0 amide bonds. The van der Waals surface area contributed by atoms with Crippen LogP contribution >= 0.6 is 0 Å². The van der Waals surface area contributed by atoms with E-state index >= 15 is 0 Å². The number of amidine groups is 1. The molecule has 2 aromatic rings. The van der Waals surface area contributed by atoms with Crippen molar-refractivity contribution in [1.29, 1.82) is 0 Å². The number of anilines is 2. The van der Waals surface area contributed by atoms with E-state index in [1.54, 1.807) is 19.2 Å². The van der Waals surface area contributed by atoms with Gasteiger partial charge in [0, 0.05) is 36.8 Å². The monoisotopic (exact) mass is 461 g/mol. The van der Waals surface area contributed by atoms with Crippen LogP contribution in [0.1, 0.15) is 37.8 Å². The molecule has 3 N–H and O–H groups in total. The van der Waals surface area contributed by atoms with Gasteiger partial charge in [0.05, 0.1) is 31.3 Å². The van der Waals surface area contributed by atoms with Crippen LogP contribution in [0.3, 0.4) is 0 Å². The minimum atomic E-state index is 0.654. The minimum Gasteiger partial charge on any atom is -0.493 e. The number of ether oxygens (including phenoxy) is 2. The SMILES string of the molecule is C/C=C\N1C=C(c2ccc(N(C)N)c(C)c2)N=C(Nc2ccc(OC)c(OC)c2)/C1=C\CCC. The maximum absolute atomic E-state index is 5.96. The highest BCUT2D eigenvalue weighted by Crippen LogP contribution is 2.32. The quantitative estimate of drug-likeness (QED) is 0.390. The van der Waals surface area contributed by atoms with Crippen molar-refractivity contribution in [3.8, 4) is 11.5 Å². The molecule has 0 aliphatic carbocycles. The number of rotatable bonds is 8. The summed E-state index contributed by atoms with van der Waals surface area (Å²) in [7, 11) is 5.10. The molecule has 0 unspecified atom stereocenters. The molecule has 0 bridgehead atoms. The Morgan fingerprint density at radius 3 is 2.50 bits per heavy atom. The highest BCUT2D eigenvalue weighted by Gasteiger charge is 2.21. The third-order valence-electron chi connectivity index (χ3n) is 5.47. The number of nitrogens with two attached hydrogens (primary N) is 1. The van der Waals surface area contributed by atoms with E-state index in [1.807, 2.05) is 63.5 Å². The number of benzene rings is 2. The van der Waals surface area contributed by atoms with E-state index in [1.165, 1.54) is 0 Å². The van der Waals surface area contributed by atoms with Crippen molar-refractivity contribution < 1.29 is 9.47 Å². The Labute approximate surface area is 202 Å². The van der Waals surface area contributed by atoms with E-state index in [4.69, 9.17) is 20.3 Å². The molecule has 0 radical (unpaired) electrons. The zero-order chi connectivity index (χ0) is 24.7. The number of methoxy groups -OCH3 is 2. The van der Waals surface area contributed by atoms with Crippen molar-refractivity contribution in [2.75, 3.05) is 31.6 Å². The Morgan fingerprint density at radius 1 is 1.12 bits per heavy atom. The van der Waals surface area contributed by atoms with Crippen molar-refractivity contribution in [2.24, 2.45) is 10.8 Å². The van der Waals surface area contributed by atoms with Gasteiger partial charge >= 0.3 is 0 Å². The predicted molar refractivity (Wildman–Crippen MR) is 142 cm³/mol. The maximum atomic E-state index is 5.96. The van der Waals surface area contributed by atoms with Crippen molar-refractivity contribution in [3.63, 3.8) is 0 Å². The lowest BCUT2D eigenvalue weighted by Crippen LogP contribution is -2.28. The molecular formula is C27H35N5O2. The second-order valence-corrected chi connectivity index (χ2v) is 8.05. The predicted octanol–water partition coefficient (Wildman–Crippen LogP) is 5.66. The van der Waals surface area contributed by atoms with Crippen molar-refractivity contribution >= 4 is 22.9 Å². The van der Waals surface area contributed by atoms with Gasteiger partial charge in [0.2, 0.25) is 0 Å². The lowest BCUT2D eigenvalue weighted by Gasteiger charge is -2.28. The van der Waals surface area contributed by atoms with E-state index < -0.39 is 0 Å². The first-order valence-electron chi connectivity index (χ1n) is 11.4. The molecule has 34 heavy (non-hydrogen) atoms. The Balaban J connectivity index is 2.08. The highest BCUT2D eigenvalue weighted by atomic mass is 16.5. The van der Waals surface area contributed by atoms with Gasteiger partial charge in [-0.2, -0.15) is 0 Å². The van der Waals surface area contributed by atoms with Gasteiger partial charge in [-0.3, -0.25) is 0 Å². The molecule has 0 spiro atoms. The fraction of sp³-hybridized carbons (Fsp3) is 0.296. The summed E-state index contributed by atoms with van der Waals surface area (Å²) in [5.74, 6) is 8.05. The number of allylic oxidation sites excluding steroid dienone is 2. The third kappa shape index (κ3) is 5.61.